The minimum Gasteiger partial charge on any atom is -0.466 e. The number of fused-ring (bicyclic) bond motifs is 1. The number of carbonyl (C=O) groups excluding carboxylic acids is 3. The maximum absolute atomic E-state index is 13.4. The van der Waals surface area contributed by atoms with Gasteiger partial charge in [0.2, 0.25) is 0 Å². The molecule has 2 aromatic carbocycles. The quantitative estimate of drug-likeness (QED) is 0.102. The number of aromatic amines is 1. The number of aromatic nitrogens is 2. The Bertz CT molecular complexity index is 1520. The van der Waals surface area contributed by atoms with Crippen molar-refractivity contribution in [3.05, 3.63) is 94.9 Å². The van der Waals surface area contributed by atoms with Gasteiger partial charge in [-0.2, -0.15) is 0 Å². The summed E-state index contributed by atoms with van der Waals surface area (Å²) >= 11 is 0. The highest BCUT2D eigenvalue weighted by Crippen LogP contribution is 2.29. The smallest absolute Gasteiger partial charge is 0.307 e. The van der Waals surface area contributed by atoms with Gasteiger partial charge in [-0.3, -0.25) is 24.8 Å². The maximum atomic E-state index is 13.4. The highest BCUT2D eigenvalue weighted by atomic mass is 35.5. The van der Waals surface area contributed by atoms with Crippen LogP contribution in [0.15, 0.2) is 67.0 Å². The number of Topliss-reactive ketones (excluding diaryl/α,β-unsaturated/α-hetero) is 1. The van der Waals surface area contributed by atoms with Crippen LogP contribution in [-0.2, 0) is 16.0 Å². The van der Waals surface area contributed by atoms with E-state index in [1.165, 1.54) is 11.1 Å². The summed E-state index contributed by atoms with van der Waals surface area (Å²) < 4.78 is 5.05. The van der Waals surface area contributed by atoms with E-state index in [2.05, 4.69) is 9.97 Å². The minimum absolute atomic E-state index is 0. The highest BCUT2D eigenvalue weighted by molar-refractivity contribution is 6.11. The van der Waals surface area contributed by atoms with Crippen molar-refractivity contribution in [2.45, 2.75) is 33.1 Å². The molecule has 0 fully saturated rings. The van der Waals surface area contributed by atoms with Gasteiger partial charge in [0.1, 0.15) is 5.84 Å². The van der Waals surface area contributed by atoms with Gasteiger partial charge in [0.15, 0.2) is 5.78 Å². The SMILES string of the molecule is CCOC(=O)CCN(C(=O)c1cccnc1)c1ccc2c(C(=O)CCc3ccc(C(=N)N)cc3)c(C)[nH]c2c1.Cl. The largest absolute Gasteiger partial charge is 0.466 e. The Labute approximate surface area is 238 Å². The van der Waals surface area contributed by atoms with Crippen LogP contribution in [0.25, 0.3) is 10.9 Å². The Kier molecular flexibility index (Phi) is 10.2. The molecule has 0 saturated heterocycles. The first-order valence-corrected chi connectivity index (χ1v) is 12.7. The minimum atomic E-state index is -0.387. The number of amidine groups is 1. The first-order valence-electron chi connectivity index (χ1n) is 12.7. The molecule has 0 radical (unpaired) electrons. The topological polar surface area (TPSA) is 142 Å². The Morgan fingerprint density at radius 3 is 2.45 bits per heavy atom. The fourth-order valence-electron chi connectivity index (χ4n) is 4.51. The zero-order chi connectivity index (χ0) is 27.9. The van der Waals surface area contributed by atoms with E-state index in [1.54, 1.807) is 43.5 Å². The normalized spacial score (nSPS) is 10.6. The molecule has 4 aromatic rings. The summed E-state index contributed by atoms with van der Waals surface area (Å²) in [5, 5.41) is 8.28. The van der Waals surface area contributed by atoms with Gasteiger partial charge in [-0.25, -0.2) is 0 Å². The predicted octanol–water partition coefficient (Wildman–Crippen LogP) is 4.99. The van der Waals surface area contributed by atoms with Gasteiger partial charge >= 0.3 is 5.97 Å². The zero-order valence-electron chi connectivity index (χ0n) is 22.4. The molecule has 1 amide bonds. The van der Waals surface area contributed by atoms with Crippen molar-refractivity contribution in [2.24, 2.45) is 5.73 Å². The number of hydrogen-bond donors (Lipinski definition) is 3. The molecule has 40 heavy (non-hydrogen) atoms. The molecule has 0 bridgehead atoms. The Hall–Kier alpha value is -4.50. The maximum Gasteiger partial charge on any atom is 0.307 e. The second-order valence-corrected chi connectivity index (χ2v) is 9.14. The molecule has 9 nitrogen and oxygen atoms in total. The lowest BCUT2D eigenvalue weighted by molar-refractivity contribution is -0.142. The molecule has 4 N–H and O–H groups in total. The summed E-state index contributed by atoms with van der Waals surface area (Å²) in [6.07, 6.45) is 4.00. The van der Waals surface area contributed by atoms with E-state index in [-0.39, 0.29) is 55.5 Å². The molecule has 2 aromatic heterocycles. The van der Waals surface area contributed by atoms with Crippen molar-refractivity contribution in [3.63, 3.8) is 0 Å². The molecule has 208 valence electrons. The zero-order valence-corrected chi connectivity index (χ0v) is 23.2. The highest BCUT2D eigenvalue weighted by Gasteiger charge is 2.22. The molecule has 0 aliphatic heterocycles. The first kappa shape index (κ1) is 30.0. The Balaban J connectivity index is 0.00000441. The van der Waals surface area contributed by atoms with Gasteiger partial charge < -0.3 is 20.4 Å². The average molecular weight is 562 g/mol. The van der Waals surface area contributed by atoms with E-state index in [0.717, 1.165) is 22.2 Å². The van der Waals surface area contributed by atoms with Crippen molar-refractivity contribution in [2.75, 3.05) is 18.1 Å². The number of nitrogens with two attached hydrogens (primary N) is 1. The van der Waals surface area contributed by atoms with Gasteiger partial charge in [0.05, 0.1) is 18.6 Å². The lowest BCUT2D eigenvalue weighted by Gasteiger charge is -2.22. The molecular formula is C30H32ClN5O4. The van der Waals surface area contributed by atoms with Crippen molar-refractivity contribution in [1.82, 2.24) is 9.97 Å². The number of halogens is 1. The fraction of sp³-hybridized carbons (Fsp3) is 0.233. The number of nitrogen functional groups attached to an aromatic ring is 1. The van der Waals surface area contributed by atoms with Crippen LogP contribution >= 0.6 is 12.4 Å². The number of nitrogens with zero attached hydrogens (tertiary/aromatic N) is 2. The lowest BCUT2D eigenvalue weighted by atomic mass is 9.99. The summed E-state index contributed by atoms with van der Waals surface area (Å²) in [5.41, 5.74) is 10.2. The van der Waals surface area contributed by atoms with E-state index in [0.29, 0.717) is 35.2 Å². The van der Waals surface area contributed by atoms with Crippen molar-refractivity contribution >= 4 is 52.5 Å². The summed E-state index contributed by atoms with van der Waals surface area (Å²) in [4.78, 5) is 47.5. The Morgan fingerprint density at radius 1 is 1.05 bits per heavy atom. The second kappa shape index (κ2) is 13.5. The van der Waals surface area contributed by atoms with E-state index in [4.69, 9.17) is 15.9 Å². The number of carbonyl (C=O) groups is 3. The van der Waals surface area contributed by atoms with Gasteiger partial charge in [0.25, 0.3) is 5.91 Å². The monoisotopic (exact) mass is 561 g/mol. The number of ether oxygens (including phenoxy) is 1. The first-order chi connectivity index (χ1) is 18.8. The van der Waals surface area contributed by atoms with Gasteiger partial charge in [-0.1, -0.05) is 30.3 Å². The second-order valence-electron chi connectivity index (χ2n) is 9.14. The van der Waals surface area contributed by atoms with Crippen LogP contribution in [0, 0.1) is 12.3 Å². The average Bonchev–Trinajstić information content (AvgIpc) is 3.27. The van der Waals surface area contributed by atoms with Gasteiger partial charge in [-0.15, -0.1) is 12.4 Å². The summed E-state index contributed by atoms with van der Waals surface area (Å²) in [6, 6.07) is 16.1. The summed E-state index contributed by atoms with van der Waals surface area (Å²) in [6.45, 7) is 3.99. The number of rotatable bonds is 11. The molecular weight excluding hydrogens is 530 g/mol. The lowest BCUT2D eigenvalue weighted by Crippen LogP contribution is -2.33. The number of anilines is 1. The molecule has 0 unspecified atom stereocenters. The molecule has 2 heterocycles. The van der Waals surface area contributed by atoms with Gasteiger partial charge in [0, 0.05) is 58.8 Å². The number of ketones is 1. The van der Waals surface area contributed by atoms with Crippen LogP contribution in [0.1, 0.15) is 57.3 Å². The number of H-pyrrole nitrogens is 1. The number of amides is 1. The van der Waals surface area contributed by atoms with E-state index < -0.39 is 0 Å². The number of benzene rings is 2. The van der Waals surface area contributed by atoms with Crippen molar-refractivity contribution in [1.29, 1.82) is 5.41 Å². The summed E-state index contributed by atoms with van der Waals surface area (Å²) in [7, 11) is 0. The van der Waals surface area contributed by atoms with E-state index >= 15 is 0 Å². The van der Waals surface area contributed by atoms with Crippen LogP contribution in [0.2, 0.25) is 0 Å². The molecule has 0 atom stereocenters. The molecule has 0 aliphatic carbocycles. The van der Waals surface area contributed by atoms with Crippen molar-refractivity contribution in [3.8, 4) is 0 Å². The number of nitrogens with one attached hydrogen (secondary N) is 2. The number of hydrogen-bond acceptors (Lipinski definition) is 6. The third-order valence-corrected chi connectivity index (χ3v) is 6.46. The van der Waals surface area contributed by atoms with Crippen molar-refractivity contribution < 1.29 is 19.1 Å². The molecule has 4 rings (SSSR count). The fourth-order valence-corrected chi connectivity index (χ4v) is 4.51. The third kappa shape index (κ3) is 6.92. The van der Waals surface area contributed by atoms with E-state index in [9.17, 15) is 14.4 Å². The molecule has 0 aliphatic rings. The molecule has 0 saturated carbocycles. The molecule has 0 spiro atoms. The van der Waals surface area contributed by atoms with E-state index in [1.807, 2.05) is 31.2 Å². The third-order valence-electron chi connectivity index (χ3n) is 6.46. The van der Waals surface area contributed by atoms with Crippen LogP contribution in [0.5, 0.6) is 0 Å². The van der Waals surface area contributed by atoms with Crippen LogP contribution in [0.3, 0.4) is 0 Å². The predicted molar refractivity (Wildman–Crippen MR) is 158 cm³/mol. The number of aryl methyl sites for hydroxylation is 2. The van der Waals surface area contributed by atoms with Crippen LogP contribution < -0.4 is 10.6 Å². The summed E-state index contributed by atoms with van der Waals surface area (Å²) in [5.74, 6) is -0.662. The standard InChI is InChI=1S/C30H31N5O4.ClH/c1-3-39-27(37)14-16-35(30(38)22-5-4-15-33-18-22)23-11-12-24-25(17-23)34-19(2)28(24)26(36)13-8-20-6-9-21(10-7-20)29(31)32;/h4-7,9-12,15,17-18,34H,3,8,13-14,16H2,1-2H3,(H3,31,32);1H. The van der Waals surface area contributed by atoms with Crippen LogP contribution in [-0.4, -0.2) is 46.6 Å². The van der Waals surface area contributed by atoms with Gasteiger partial charge in [-0.05, 0) is 50.1 Å². The van der Waals surface area contributed by atoms with Crippen LogP contribution in [0.4, 0.5) is 5.69 Å². The Morgan fingerprint density at radius 2 is 1.80 bits per heavy atom. The molecule has 10 heteroatoms. The number of pyridine rings is 1. The number of esters is 1.